The Morgan fingerprint density at radius 2 is 2.31 bits per heavy atom. The minimum absolute atomic E-state index is 0.305. The van der Waals surface area contributed by atoms with E-state index in [0.29, 0.717) is 25.1 Å². The standard InChI is InChI=1S/C11H20N4O/c1-3-6-16-11-7-10(13-8-14-11)15-9(2)4-5-12/h7-9H,3-6,12H2,1-2H3,(H,13,14,15). The van der Waals surface area contributed by atoms with E-state index in [4.69, 9.17) is 10.5 Å². The minimum atomic E-state index is 0.305. The van der Waals surface area contributed by atoms with E-state index in [9.17, 15) is 0 Å². The van der Waals surface area contributed by atoms with Gasteiger partial charge in [0.2, 0.25) is 5.88 Å². The van der Waals surface area contributed by atoms with Crippen LogP contribution in [0, 0.1) is 0 Å². The van der Waals surface area contributed by atoms with Crippen LogP contribution in [0.5, 0.6) is 5.88 Å². The van der Waals surface area contributed by atoms with Gasteiger partial charge in [-0.25, -0.2) is 9.97 Å². The van der Waals surface area contributed by atoms with Gasteiger partial charge in [0.15, 0.2) is 0 Å². The molecule has 16 heavy (non-hydrogen) atoms. The van der Waals surface area contributed by atoms with Gasteiger partial charge in [0.05, 0.1) is 6.61 Å². The summed E-state index contributed by atoms with van der Waals surface area (Å²) in [5.41, 5.74) is 5.48. The van der Waals surface area contributed by atoms with Gasteiger partial charge < -0.3 is 15.8 Å². The molecule has 90 valence electrons. The molecule has 5 heteroatoms. The molecule has 0 saturated heterocycles. The molecule has 1 aromatic heterocycles. The van der Waals surface area contributed by atoms with Crippen LogP contribution < -0.4 is 15.8 Å². The summed E-state index contributed by atoms with van der Waals surface area (Å²) in [7, 11) is 0. The van der Waals surface area contributed by atoms with E-state index in [1.54, 1.807) is 0 Å². The molecule has 0 radical (unpaired) electrons. The van der Waals surface area contributed by atoms with Crippen LogP contribution in [0.25, 0.3) is 0 Å². The molecule has 0 aromatic carbocycles. The SMILES string of the molecule is CCCOc1cc(NC(C)CCN)ncn1. The Bertz CT molecular complexity index is 306. The fraction of sp³-hybridized carbons (Fsp3) is 0.636. The lowest BCUT2D eigenvalue weighted by Crippen LogP contribution is -2.20. The summed E-state index contributed by atoms with van der Waals surface area (Å²) in [6.45, 7) is 5.47. The maximum absolute atomic E-state index is 5.48. The Hall–Kier alpha value is -1.36. The summed E-state index contributed by atoms with van der Waals surface area (Å²) >= 11 is 0. The molecule has 5 nitrogen and oxygen atoms in total. The quantitative estimate of drug-likeness (QED) is 0.732. The molecule has 0 saturated carbocycles. The van der Waals surface area contributed by atoms with Crippen LogP contribution >= 0.6 is 0 Å². The number of rotatable bonds is 7. The molecule has 0 aliphatic rings. The number of nitrogens with zero attached hydrogens (tertiary/aromatic N) is 2. The highest BCUT2D eigenvalue weighted by molar-refractivity contribution is 5.37. The minimum Gasteiger partial charge on any atom is -0.478 e. The molecule has 1 atom stereocenters. The zero-order valence-corrected chi connectivity index (χ0v) is 9.94. The number of hydrogen-bond donors (Lipinski definition) is 2. The van der Waals surface area contributed by atoms with E-state index >= 15 is 0 Å². The maximum atomic E-state index is 5.48. The van der Waals surface area contributed by atoms with Gasteiger partial charge in [0, 0.05) is 12.1 Å². The van der Waals surface area contributed by atoms with Gasteiger partial charge >= 0.3 is 0 Å². The second-order valence-electron chi connectivity index (χ2n) is 3.71. The first kappa shape index (κ1) is 12.7. The Morgan fingerprint density at radius 1 is 1.50 bits per heavy atom. The zero-order chi connectivity index (χ0) is 11.8. The second-order valence-corrected chi connectivity index (χ2v) is 3.71. The van der Waals surface area contributed by atoms with E-state index < -0.39 is 0 Å². The van der Waals surface area contributed by atoms with Crippen LogP contribution in [0.4, 0.5) is 5.82 Å². The van der Waals surface area contributed by atoms with Crippen molar-refractivity contribution in [2.75, 3.05) is 18.5 Å². The normalized spacial score (nSPS) is 12.2. The summed E-state index contributed by atoms with van der Waals surface area (Å²) < 4.78 is 5.42. The summed E-state index contributed by atoms with van der Waals surface area (Å²) in [6, 6.07) is 2.11. The summed E-state index contributed by atoms with van der Waals surface area (Å²) in [5.74, 6) is 1.39. The lowest BCUT2D eigenvalue weighted by Gasteiger charge is -2.13. The molecule has 0 amide bonds. The van der Waals surface area contributed by atoms with E-state index in [-0.39, 0.29) is 0 Å². The average Bonchev–Trinajstić information content (AvgIpc) is 2.27. The van der Waals surface area contributed by atoms with Crippen LogP contribution in [0.3, 0.4) is 0 Å². The number of anilines is 1. The topological polar surface area (TPSA) is 73.1 Å². The number of nitrogens with one attached hydrogen (secondary N) is 1. The number of nitrogens with two attached hydrogens (primary N) is 1. The Kier molecular flexibility index (Phi) is 5.56. The summed E-state index contributed by atoms with van der Waals surface area (Å²) in [5, 5.41) is 3.25. The van der Waals surface area contributed by atoms with Crippen LogP contribution in [0.1, 0.15) is 26.7 Å². The number of aromatic nitrogens is 2. The highest BCUT2D eigenvalue weighted by atomic mass is 16.5. The van der Waals surface area contributed by atoms with Gasteiger partial charge in [0.25, 0.3) is 0 Å². The monoisotopic (exact) mass is 224 g/mol. The predicted molar refractivity (Wildman–Crippen MR) is 64.6 cm³/mol. The van der Waals surface area contributed by atoms with Crippen LogP contribution in [-0.2, 0) is 0 Å². The van der Waals surface area contributed by atoms with Crippen molar-refractivity contribution in [2.45, 2.75) is 32.7 Å². The van der Waals surface area contributed by atoms with E-state index in [2.05, 4.69) is 29.1 Å². The third-order valence-corrected chi connectivity index (χ3v) is 2.09. The van der Waals surface area contributed by atoms with Crippen molar-refractivity contribution in [3.8, 4) is 5.88 Å². The van der Waals surface area contributed by atoms with Crippen molar-refractivity contribution in [1.82, 2.24) is 9.97 Å². The van der Waals surface area contributed by atoms with Gasteiger partial charge in [-0.2, -0.15) is 0 Å². The van der Waals surface area contributed by atoms with Crippen LogP contribution in [0.15, 0.2) is 12.4 Å². The molecule has 3 N–H and O–H groups in total. The first-order valence-electron chi connectivity index (χ1n) is 5.67. The van der Waals surface area contributed by atoms with Crippen LogP contribution in [-0.4, -0.2) is 29.2 Å². The molecule has 0 fully saturated rings. The lowest BCUT2D eigenvalue weighted by molar-refractivity contribution is 0.305. The second kappa shape index (κ2) is 7.00. The third kappa shape index (κ3) is 4.44. The van der Waals surface area contributed by atoms with Crippen molar-refractivity contribution in [2.24, 2.45) is 5.73 Å². The maximum Gasteiger partial charge on any atom is 0.218 e. The molecule has 0 aliphatic heterocycles. The third-order valence-electron chi connectivity index (χ3n) is 2.09. The fourth-order valence-corrected chi connectivity index (χ4v) is 1.28. The molecule has 1 rings (SSSR count). The predicted octanol–water partition coefficient (Wildman–Crippen LogP) is 1.41. The number of ether oxygens (including phenoxy) is 1. The highest BCUT2D eigenvalue weighted by Gasteiger charge is 2.03. The van der Waals surface area contributed by atoms with Gasteiger partial charge in [-0.3, -0.25) is 0 Å². The van der Waals surface area contributed by atoms with E-state index in [1.165, 1.54) is 6.33 Å². The molecule has 1 aromatic rings. The Balaban J connectivity index is 2.52. The molecule has 1 heterocycles. The average molecular weight is 224 g/mol. The van der Waals surface area contributed by atoms with Gasteiger partial charge in [-0.05, 0) is 26.3 Å². The molecular weight excluding hydrogens is 204 g/mol. The molecular formula is C11H20N4O. The first-order chi connectivity index (χ1) is 7.76. The van der Waals surface area contributed by atoms with Crippen molar-refractivity contribution in [1.29, 1.82) is 0 Å². The van der Waals surface area contributed by atoms with Gasteiger partial charge in [-0.1, -0.05) is 6.92 Å². The van der Waals surface area contributed by atoms with Crippen molar-refractivity contribution < 1.29 is 4.74 Å². The smallest absolute Gasteiger partial charge is 0.218 e. The van der Waals surface area contributed by atoms with Gasteiger partial charge in [0.1, 0.15) is 12.1 Å². The Morgan fingerprint density at radius 3 is 3.00 bits per heavy atom. The molecule has 1 unspecified atom stereocenters. The van der Waals surface area contributed by atoms with Crippen LogP contribution in [0.2, 0.25) is 0 Å². The van der Waals surface area contributed by atoms with Crippen molar-refractivity contribution >= 4 is 5.82 Å². The van der Waals surface area contributed by atoms with E-state index in [1.807, 2.05) is 6.07 Å². The van der Waals surface area contributed by atoms with Gasteiger partial charge in [-0.15, -0.1) is 0 Å². The highest BCUT2D eigenvalue weighted by Crippen LogP contribution is 2.12. The molecule has 0 spiro atoms. The van der Waals surface area contributed by atoms with Crippen molar-refractivity contribution in [3.63, 3.8) is 0 Å². The summed E-state index contributed by atoms with van der Waals surface area (Å²) in [6.07, 6.45) is 3.38. The molecule has 0 aliphatic carbocycles. The number of hydrogen-bond acceptors (Lipinski definition) is 5. The fourth-order valence-electron chi connectivity index (χ4n) is 1.28. The lowest BCUT2D eigenvalue weighted by atomic mass is 10.2. The molecule has 0 bridgehead atoms. The first-order valence-corrected chi connectivity index (χ1v) is 5.67. The van der Waals surface area contributed by atoms with Crippen molar-refractivity contribution in [3.05, 3.63) is 12.4 Å². The Labute approximate surface area is 96.4 Å². The largest absolute Gasteiger partial charge is 0.478 e. The summed E-state index contributed by atoms with van der Waals surface area (Å²) in [4.78, 5) is 8.16. The van der Waals surface area contributed by atoms with E-state index in [0.717, 1.165) is 18.7 Å². The zero-order valence-electron chi connectivity index (χ0n) is 9.94.